The Kier molecular flexibility index (Phi) is 8.05. The Morgan fingerprint density at radius 1 is 1.10 bits per heavy atom. The van der Waals surface area contributed by atoms with Crippen molar-refractivity contribution in [2.45, 2.75) is 77.4 Å². The number of rotatable bonds is 9. The van der Waals surface area contributed by atoms with Gasteiger partial charge < -0.3 is 10.1 Å². The monoisotopic (exact) mass is 296 g/mol. The fraction of sp³-hybridized carbons (Fsp3) is 1.00. The molecule has 1 aliphatic carbocycles. The average molecular weight is 296 g/mol. The van der Waals surface area contributed by atoms with E-state index >= 15 is 0 Å². The second kappa shape index (κ2) is 9.81. The largest absolute Gasteiger partial charge is 0.377 e. The van der Waals surface area contributed by atoms with Crippen molar-refractivity contribution in [2.24, 2.45) is 5.92 Å². The highest BCUT2D eigenvalue weighted by atomic mass is 16.5. The van der Waals surface area contributed by atoms with Crippen LogP contribution in [-0.2, 0) is 4.74 Å². The summed E-state index contributed by atoms with van der Waals surface area (Å²) in [6, 6.07) is 0.687. The highest BCUT2D eigenvalue weighted by Crippen LogP contribution is 2.27. The lowest BCUT2D eigenvalue weighted by molar-refractivity contribution is 0.0668. The zero-order valence-electron chi connectivity index (χ0n) is 14.3. The predicted molar refractivity (Wildman–Crippen MR) is 89.7 cm³/mol. The van der Waals surface area contributed by atoms with Gasteiger partial charge in [-0.3, -0.25) is 4.90 Å². The van der Waals surface area contributed by atoms with Crippen LogP contribution in [0.2, 0.25) is 0 Å². The van der Waals surface area contributed by atoms with E-state index in [-0.39, 0.29) is 0 Å². The van der Waals surface area contributed by atoms with Crippen molar-refractivity contribution < 1.29 is 4.74 Å². The number of hydrogen-bond donors (Lipinski definition) is 1. The van der Waals surface area contributed by atoms with E-state index < -0.39 is 0 Å². The third kappa shape index (κ3) is 5.88. The Bertz CT molecular complexity index is 260. The van der Waals surface area contributed by atoms with Crippen LogP contribution in [0.15, 0.2) is 0 Å². The molecule has 0 spiro atoms. The lowest BCUT2D eigenvalue weighted by atomic mass is 9.83. The second-order valence-corrected chi connectivity index (χ2v) is 6.95. The van der Waals surface area contributed by atoms with Crippen LogP contribution in [0.25, 0.3) is 0 Å². The molecule has 1 heterocycles. The zero-order chi connectivity index (χ0) is 14.9. The van der Waals surface area contributed by atoms with Crippen LogP contribution in [-0.4, -0.2) is 49.8 Å². The van der Waals surface area contributed by atoms with E-state index in [4.69, 9.17) is 4.74 Å². The maximum Gasteiger partial charge on any atom is 0.0702 e. The molecule has 1 N–H and O–H groups in total. The molecule has 0 aromatic carbocycles. The molecule has 124 valence electrons. The van der Waals surface area contributed by atoms with Crippen LogP contribution in [0.5, 0.6) is 0 Å². The van der Waals surface area contributed by atoms with Gasteiger partial charge in [-0.25, -0.2) is 0 Å². The van der Waals surface area contributed by atoms with Gasteiger partial charge >= 0.3 is 0 Å². The van der Waals surface area contributed by atoms with Crippen molar-refractivity contribution in [2.75, 3.05) is 32.8 Å². The Labute approximate surface area is 131 Å². The van der Waals surface area contributed by atoms with Crippen molar-refractivity contribution >= 4 is 0 Å². The van der Waals surface area contributed by atoms with Gasteiger partial charge in [0.25, 0.3) is 0 Å². The molecule has 2 atom stereocenters. The number of nitrogens with one attached hydrogen (secondary N) is 1. The Morgan fingerprint density at radius 3 is 2.52 bits per heavy atom. The quantitative estimate of drug-likeness (QED) is 0.705. The third-order valence-corrected chi connectivity index (χ3v) is 5.26. The number of ether oxygens (including phenoxy) is 1. The van der Waals surface area contributed by atoms with Gasteiger partial charge in [0.05, 0.1) is 6.10 Å². The fourth-order valence-corrected chi connectivity index (χ4v) is 3.93. The first-order chi connectivity index (χ1) is 10.3. The first-order valence-corrected chi connectivity index (χ1v) is 9.40. The highest BCUT2D eigenvalue weighted by Gasteiger charge is 2.26. The van der Waals surface area contributed by atoms with Gasteiger partial charge in [-0.15, -0.1) is 0 Å². The van der Waals surface area contributed by atoms with Gasteiger partial charge in [-0.1, -0.05) is 33.1 Å². The highest BCUT2D eigenvalue weighted by molar-refractivity contribution is 4.83. The van der Waals surface area contributed by atoms with Crippen LogP contribution < -0.4 is 5.32 Å². The van der Waals surface area contributed by atoms with Gasteiger partial charge in [0.1, 0.15) is 0 Å². The summed E-state index contributed by atoms with van der Waals surface area (Å²) < 4.78 is 5.83. The molecule has 1 aliphatic heterocycles. The van der Waals surface area contributed by atoms with E-state index in [0.29, 0.717) is 12.1 Å². The molecule has 0 radical (unpaired) electrons. The molecule has 0 aromatic heterocycles. The van der Waals surface area contributed by atoms with E-state index in [2.05, 4.69) is 24.1 Å². The molecule has 21 heavy (non-hydrogen) atoms. The van der Waals surface area contributed by atoms with Crippen LogP contribution in [0.4, 0.5) is 0 Å². The molecule has 1 saturated carbocycles. The smallest absolute Gasteiger partial charge is 0.0702 e. The van der Waals surface area contributed by atoms with Crippen molar-refractivity contribution in [1.82, 2.24) is 10.2 Å². The molecule has 2 aliphatic rings. The van der Waals surface area contributed by atoms with Crippen molar-refractivity contribution in [3.63, 3.8) is 0 Å². The van der Waals surface area contributed by atoms with Gasteiger partial charge in [0.2, 0.25) is 0 Å². The Morgan fingerprint density at radius 2 is 1.90 bits per heavy atom. The lowest BCUT2D eigenvalue weighted by Crippen LogP contribution is -2.48. The average Bonchev–Trinajstić information content (AvgIpc) is 3.04. The summed E-state index contributed by atoms with van der Waals surface area (Å²) in [7, 11) is 0. The molecule has 2 unspecified atom stereocenters. The molecule has 3 heteroatoms. The predicted octanol–water partition coefficient (Wildman–Crippen LogP) is 3.44. The van der Waals surface area contributed by atoms with E-state index in [1.807, 2.05) is 0 Å². The molecule has 0 amide bonds. The molecular formula is C18H36N2O. The van der Waals surface area contributed by atoms with Crippen molar-refractivity contribution in [1.29, 1.82) is 0 Å². The molecule has 3 nitrogen and oxygen atoms in total. The summed E-state index contributed by atoms with van der Waals surface area (Å²) in [6.07, 6.45) is 11.4. The fourth-order valence-electron chi connectivity index (χ4n) is 3.93. The topological polar surface area (TPSA) is 24.5 Å². The molecular weight excluding hydrogens is 260 g/mol. The minimum absolute atomic E-state index is 0.489. The summed E-state index contributed by atoms with van der Waals surface area (Å²) in [4.78, 5) is 2.62. The standard InChI is InChI=1S/C18H36N2O/c1-3-12-19-18(16-9-6-5-7-10-16)15-20(4-2)14-17-11-8-13-21-17/h16-19H,3-15H2,1-2H3. The van der Waals surface area contributed by atoms with Gasteiger partial charge in [0, 0.05) is 25.7 Å². The van der Waals surface area contributed by atoms with E-state index in [0.717, 1.165) is 25.6 Å². The number of hydrogen-bond acceptors (Lipinski definition) is 3. The minimum Gasteiger partial charge on any atom is -0.377 e. The summed E-state index contributed by atoms with van der Waals surface area (Å²) in [6.45, 7) is 10.2. The SMILES string of the molecule is CCCNC(CN(CC)CC1CCCO1)C1CCCCC1. The molecule has 0 aromatic rings. The van der Waals surface area contributed by atoms with E-state index in [9.17, 15) is 0 Å². The first kappa shape index (κ1) is 17.2. The molecule has 1 saturated heterocycles. The van der Waals surface area contributed by atoms with Crippen molar-refractivity contribution in [3.8, 4) is 0 Å². The van der Waals surface area contributed by atoms with Crippen LogP contribution in [0.3, 0.4) is 0 Å². The summed E-state index contributed by atoms with van der Waals surface area (Å²) in [5.74, 6) is 0.892. The zero-order valence-corrected chi connectivity index (χ0v) is 14.3. The normalized spacial score (nSPS) is 25.6. The maximum absolute atomic E-state index is 5.83. The lowest BCUT2D eigenvalue weighted by Gasteiger charge is -2.35. The summed E-state index contributed by atoms with van der Waals surface area (Å²) >= 11 is 0. The number of likely N-dealkylation sites (N-methyl/N-ethyl adjacent to an activating group) is 1. The van der Waals surface area contributed by atoms with E-state index in [1.54, 1.807) is 0 Å². The van der Waals surface area contributed by atoms with Gasteiger partial charge in [-0.2, -0.15) is 0 Å². The first-order valence-electron chi connectivity index (χ1n) is 9.40. The van der Waals surface area contributed by atoms with Crippen LogP contribution in [0, 0.1) is 5.92 Å². The number of nitrogens with zero attached hydrogens (tertiary/aromatic N) is 1. The van der Waals surface area contributed by atoms with Gasteiger partial charge in [-0.05, 0) is 51.1 Å². The Hall–Kier alpha value is -0.120. The Balaban J connectivity index is 1.84. The van der Waals surface area contributed by atoms with Gasteiger partial charge in [0.15, 0.2) is 0 Å². The summed E-state index contributed by atoms with van der Waals surface area (Å²) in [5.41, 5.74) is 0. The summed E-state index contributed by atoms with van der Waals surface area (Å²) in [5, 5.41) is 3.85. The second-order valence-electron chi connectivity index (χ2n) is 6.95. The minimum atomic E-state index is 0.489. The van der Waals surface area contributed by atoms with Crippen LogP contribution >= 0.6 is 0 Å². The van der Waals surface area contributed by atoms with Crippen molar-refractivity contribution in [3.05, 3.63) is 0 Å². The molecule has 2 rings (SSSR count). The molecule has 2 fully saturated rings. The van der Waals surface area contributed by atoms with E-state index in [1.165, 1.54) is 64.5 Å². The molecule has 0 bridgehead atoms. The maximum atomic E-state index is 5.83. The third-order valence-electron chi connectivity index (χ3n) is 5.26. The van der Waals surface area contributed by atoms with Crippen LogP contribution in [0.1, 0.15) is 65.2 Å².